The van der Waals surface area contributed by atoms with Gasteiger partial charge in [0.1, 0.15) is 17.6 Å². The van der Waals surface area contributed by atoms with Crippen molar-refractivity contribution in [3.8, 4) is 11.4 Å². The molecule has 0 spiro atoms. The van der Waals surface area contributed by atoms with Crippen molar-refractivity contribution < 1.29 is 22.0 Å². The zero-order valence-electron chi connectivity index (χ0n) is 20.6. The quantitative estimate of drug-likeness (QED) is 0.193. The van der Waals surface area contributed by atoms with Gasteiger partial charge in [-0.25, -0.2) is 18.7 Å². The molecule has 3 aromatic heterocycles. The number of halogens is 6. The monoisotopic (exact) mass is 660 g/mol. The summed E-state index contributed by atoms with van der Waals surface area (Å²) in [5.74, 6) is -0.650. The van der Waals surface area contributed by atoms with E-state index in [9.17, 15) is 31.5 Å². The van der Waals surface area contributed by atoms with E-state index in [-0.39, 0.29) is 28.9 Å². The van der Waals surface area contributed by atoms with Crippen molar-refractivity contribution in [3.63, 3.8) is 0 Å². The molecule has 0 fully saturated rings. The van der Waals surface area contributed by atoms with Gasteiger partial charge in [0.25, 0.3) is 11.1 Å². The van der Waals surface area contributed by atoms with Crippen LogP contribution in [-0.4, -0.2) is 28.6 Å². The van der Waals surface area contributed by atoms with Crippen LogP contribution in [0.4, 0.5) is 27.6 Å². The van der Waals surface area contributed by atoms with Crippen molar-refractivity contribution in [2.75, 3.05) is 5.32 Å². The Bertz CT molecular complexity index is 1620. The first-order valence-electron chi connectivity index (χ1n) is 11.8. The van der Waals surface area contributed by atoms with Crippen LogP contribution in [0.2, 0.25) is 0 Å². The zero-order valence-corrected chi connectivity index (χ0v) is 22.8. The second-order valence-electron chi connectivity index (χ2n) is 8.97. The molecular weight excluding hydrogens is 638 g/mol. The largest absolute Gasteiger partial charge is 0.423 e. The van der Waals surface area contributed by atoms with Crippen LogP contribution in [0.5, 0.6) is 0 Å². The van der Waals surface area contributed by atoms with Gasteiger partial charge in [-0.15, -0.1) is 0 Å². The first-order chi connectivity index (χ1) is 18.4. The molecule has 4 aromatic rings. The number of benzene rings is 1. The summed E-state index contributed by atoms with van der Waals surface area (Å²) in [4.78, 5) is 33.0. The fraction of sp³-hybridized carbons (Fsp3) is 0.320. The molecule has 0 radical (unpaired) electrons. The minimum Gasteiger partial charge on any atom is -0.381 e. The van der Waals surface area contributed by atoms with Gasteiger partial charge < -0.3 is 9.88 Å². The number of aromatic nitrogens is 5. The topological polar surface area (TPSA) is 94.7 Å². The number of nitrogens with one attached hydrogen (secondary N) is 1. The van der Waals surface area contributed by atoms with Gasteiger partial charge in [0.05, 0.1) is 45.7 Å². The third-order valence-corrected chi connectivity index (χ3v) is 6.78. The second kappa shape index (κ2) is 11.4. The average Bonchev–Trinajstić information content (AvgIpc) is 2.87. The predicted octanol–water partition coefficient (Wildman–Crippen LogP) is 5.68. The van der Waals surface area contributed by atoms with Gasteiger partial charge in [0.2, 0.25) is 0 Å². The predicted molar refractivity (Wildman–Crippen MR) is 144 cm³/mol. The summed E-state index contributed by atoms with van der Waals surface area (Å²) >= 11 is 1.38. The fourth-order valence-corrected chi connectivity index (χ4v) is 4.42. The number of anilines is 1. The van der Waals surface area contributed by atoms with Crippen molar-refractivity contribution in [3.05, 3.63) is 80.6 Å². The summed E-state index contributed by atoms with van der Waals surface area (Å²) in [5, 5.41) is 6.93. The van der Waals surface area contributed by atoms with Crippen LogP contribution in [0.25, 0.3) is 22.2 Å². The summed E-state index contributed by atoms with van der Waals surface area (Å²) in [6, 6.07) is 3.72. The highest BCUT2D eigenvalue weighted by molar-refractivity contribution is 14.1. The van der Waals surface area contributed by atoms with E-state index >= 15 is 0 Å². The molecule has 0 aliphatic heterocycles. The van der Waals surface area contributed by atoms with Crippen LogP contribution in [0.1, 0.15) is 44.0 Å². The highest BCUT2D eigenvalue weighted by Crippen LogP contribution is 2.32. The summed E-state index contributed by atoms with van der Waals surface area (Å²) in [6.07, 6.45) is -0.289. The summed E-state index contributed by atoms with van der Waals surface area (Å²) in [6.45, 7) is 3.22. The molecule has 206 valence electrons. The first kappa shape index (κ1) is 28.6. The fourth-order valence-electron chi connectivity index (χ4n) is 4.06. The number of hydrogen-bond acceptors (Lipinski definition) is 6. The van der Waals surface area contributed by atoms with E-state index in [0.29, 0.717) is 21.1 Å². The third-order valence-electron chi connectivity index (χ3n) is 6.10. The molecule has 1 N–H and O–H groups in total. The summed E-state index contributed by atoms with van der Waals surface area (Å²) < 4.78 is 70.5. The Morgan fingerprint density at radius 2 is 1.77 bits per heavy atom. The van der Waals surface area contributed by atoms with Crippen LogP contribution in [0, 0.1) is 5.82 Å². The number of pyridine rings is 1. The molecule has 3 heterocycles. The van der Waals surface area contributed by atoms with Crippen molar-refractivity contribution in [2.24, 2.45) is 0 Å². The summed E-state index contributed by atoms with van der Waals surface area (Å²) in [5.41, 5.74) is -3.12. The molecule has 0 saturated carbocycles. The van der Waals surface area contributed by atoms with Crippen LogP contribution >= 0.6 is 22.9 Å². The molecule has 8 nitrogen and oxygen atoms in total. The minimum absolute atomic E-state index is 0.0594. The van der Waals surface area contributed by atoms with Crippen molar-refractivity contribution in [2.45, 2.75) is 51.6 Å². The van der Waals surface area contributed by atoms with Crippen molar-refractivity contribution in [1.82, 2.24) is 22.5 Å². The molecule has 0 amide bonds. The molecular formula is C25H22F5IN6O2. The third kappa shape index (κ3) is 6.25. The lowest BCUT2D eigenvalue weighted by Crippen LogP contribution is -2.30. The Kier molecular flexibility index (Phi) is 8.32. The maximum Gasteiger partial charge on any atom is 0.423 e. The van der Waals surface area contributed by atoms with Crippen molar-refractivity contribution >= 4 is 39.3 Å². The van der Waals surface area contributed by atoms with Crippen molar-refractivity contribution in [1.29, 1.82) is 0 Å². The number of aryl methyl sites for hydroxylation is 1. The number of nitrogens with zero attached hydrogens (tertiary/aromatic N) is 5. The lowest BCUT2D eigenvalue weighted by molar-refractivity contribution is -0.138. The van der Waals surface area contributed by atoms with Crippen LogP contribution in [0.15, 0.2) is 52.6 Å². The number of hydrogen-bond donors (Lipinski definition) is 1. The molecule has 0 aliphatic rings. The van der Waals surface area contributed by atoms with Gasteiger partial charge in [0.15, 0.2) is 5.82 Å². The molecule has 4 rings (SSSR count). The van der Waals surface area contributed by atoms with Gasteiger partial charge >= 0.3 is 6.18 Å². The van der Waals surface area contributed by atoms with Gasteiger partial charge in [-0.1, -0.05) is 0 Å². The number of alkyl halides is 4. The van der Waals surface area contributed by atoms with E-state index in [0.717, 1.165) is 12.3 Å². The standard InChI is InChI=1S/C25H22F5IN6O2/c1-13(35-20-12-34-37(31)24(39)21(20)25(28,29)30)4-3-6-36-7-5-15-8-18(19(27)9-17(15)23(36)38)22-32-10-16(11-33-22)14(2)26/h5,7-14,35H,3-4,6H2,1-2H3/t13-,14?/m0/s1. The zero-order chi connectivity index (χ0) is 28.5. The molecule has 0 aliphatic carbocycles. The van der Waals surface area contributed by atoms with Crippen LogP contribution < -0.4 is 16.4 Å². The van der Waals surface area contributed by atoms with Gasteiger partial charge in [0, 0.05) is 36.7 Å². The molecule has 0 bridgehead atoms. The number of fused-ring (bicyclic) bond motifs is 1. The molecule has 39 heavy (non-hydrogen) atoms. The Labute approximate surface area is 232 Å². The molecule has 14 heteroatoms. The lowest BCUT2D eigenvalue weighted by atomic mass is 10.1. The molecule has 2 atom stereocenters. The maximum atomic E-state index is 14.9. The maximum absolute atomic E-state index is 14.9. The lowest BCUT2D eigenvalue weighted by Gasteiger charge is -2.19. The molecule has 1 aromatic carbocycles. The smallest absolute Gasteiger partial charge is 0.381 e. The molecule has 0 saturated heterocycles. The van der Waals surface area contributed by atoms with Gasteiger partial charge in [-0.05, 0) is 50.3 Å². The van der Waals surface area contributed by atoms with Gasteiger partial charge in [-0.3, -0.25) is 9.59 Å². The second-order valence-corrected chi connectivity index (χ2v) is 9.89. The normalized spacial score (nSPS) is 13.4. The van der Waals surface area contributed by atoms with E-state index in [1.54, 1.807) is 19.2 Å². The van der Waals surface area contributed by atoms with Gasteiger partial charge in [-0.2, -0.15) is 21.2 Å². The summed E-state index contributed by atoms with van der Waals surface area (Å²) in [7, 11) is 0. The van der Waals surface area contributed by atoms with E-state index in [1.165, 1.54) is 52.8 Å². The Hall–Kier alpha value is -3.43. The highest BCUT2D eigenvalue weighted by Gasteiger charge is 2.38. The average molecular weight is 660 g/mol. The Morgan fingerprint density at radius 3 is 2.41 bits per heavy atom. The Morgan fingerprint density at radius 1 is 1.08 bits per heavy atom. The van der Waals surface area contributed by atoms with Crippen LogP contribution in [0.3, 0.4) is 0 Å². The van der Waals surface area contributed by atoms with E-state index < -0.39 is 46.6 Å². The highest BCUT2D eigenvalue weighted by atomic mass is 127. The SMILES string of the molecule is CC(F)c1cnc(-c2cc3ccn(CCC[C@H](C)Nc4cnn(I)c(=O)c4C(F)(F)F)c(=O)c3cc2F)nc1. The number of rotatable bonds is 8. The van der Waals surface area contributed by atoms with E-state index in [2.05, 4.69) is 20.4 Å². The minimum atomic E-state index is -4.86. The van der Waals surface area contributed by atoms with Crippen LogP contribution in [-0.2, 0) is 12.7 Å². The van der Waals surface area contributed by atoms with E-state index in [1.807, 2.05) is 0 Å². The first-order valence-corrected chi connectivity index (χ1v) is 12.7. The van der Waals surface area contributed by atoms with E-state index in [4.69, 9.17) is 0 Å². The Balaban J connectivity index is 1.47. The molecule has 1 unspecified atom stereocenters.